The highest BCUT2D eigenvalue weighted by Crippen LogP contribution is 2.31. The first kappa shape index (κ1) is 53.2. The third-order valence-corrected chi connectivity index (χ3v) is 9.03. The van der Waals surface area contributed by atoms with Crippen LogP contribution in [0.5, 0.6) is 0 Å². The normalized spacial score (nSPS) is 13.2. The van der Waals surface area contributed by atoms with Gasteiger partial charge in [-0.3, -0.25) is 14.6 Å². The minimum Gasteiger partial charge on any atom is -0.465 e. The summed E-state index contributed by atoms with van der Waals surface area (Å²) in [5.74, 6) is 0.638. The number of hydrogen-bond donors (Lipinski definition) is 4. The van der Waals surface area contributed by atoms with E-state index in [2.05, 4.69) is 70.7 Å². The van der Waals surface area contributed by atoms with Crippen LogP contribution in [-0.2, 0) is 19.1 Å². The molecule has 0 radical (unpaired) electrons. The number of nitrogens with two attached hydrogens (primary N) is 2. The lowest BCUT2D eigenvalue weighted by atomic mass is 9.78. The van der Waals surface area contributed by atoms with E-state index in [0.717, 1.165) is 70.8 Å². The van der Waals surface area contributed by atoms with Gasteiger partial charge < -0.3 is 26.3 Å². The van der Waals surface area contributed by atoms with Crippen molar-refractivity contribution < 1.29 is 24.1 Å². The summed E-state index contributed by atoms with van der Waals surface area (Å²) in [7, 11) is 1.67. The Hall–Kier alpha value is -3.12. The van der Waals surface area contributed by atoms with Crippen LogP contribution in [0, 0.1) is 32.8 Å². The van der Waals surface area contributed by atoms with Crippen LogP contribution in [0.25, 0.3) is 0 Å². The van der Waals surface area contributed by atoms with Gasteiger partial charge in [-0.1, -0.05) is 126 Å². The highest BCUT2D eigenvalue weighted by molar-refractivity contribution is 5.77. The number of guanidine groups is 2. The average Bonchev–Trinajstić information content (AvgIpc) is 3.04. The van der Waals surface area contributed by atoms with Crippen LogP contribution < -0.4 is 22.2 Å². The van der Waals surface area contributed by atoms with Crippen molar-refractivity contribution in [3.05, 3.63) is 10.1 Å². The molecule has 6 N–H and O–H groups in total. The molecule has 0 aliphatic rings. The van der Waals surface area contributed by atoms with Crippen molar-refractivity contribution >= 4 is 23.9 Å². The fraction of sp³-hybridized carbons (Fsp3) is 0.897. The number of nitrogens with zero attached hydrogens (tertiary/aromatic N) is 3. The van der Waals surface area contributed by atoms with E-state index in [1.165, 1.54) is 32.1 Å². The molecule has 0 rings (SSSR count). The van der Waals surface area contributed by atoms with Crippen LogP contribution in [0.2, 0.25) is 0 Å². The minimum atomic E-state index is -0.739. The summed E-state index contributed by atoms with van der Waals surface area (Å²) in [4.78, 5) is 41.8. The second-order valence-corrected chi connectivity index (χ2v) is 15.6. The van der Waals surface area contributed by atoms with Gasteiger partial charge in [-0.15, -0.1) is 0 Å². The molecule has 0 unspecified atom stereocenters. The van der Waals surface area contributed by atoms with Gasteiger partial charge in [0, 0.05) is 33.0 Å². The van der Waals surface area contributed by atoms with Crippen LogP contribution >= 0.6 is 0 Å². The Kier molecular flexibility index (Phi) is 33.3. The number of hydrogen-bond acceptors (Lipinski definition) is 8. The Labute approximate surface area is 317 Å². The molecule has 2 atom stereocenters. The van der Waals surface area contributed by atoms with Gasteiger partial charge in [-0.25, -0.2) is 15.1 Å². The molecule has 0 spiro atoms. The fourth-order valence-corrected chi connectivity index (χ4v) is 5.30. The largest absolute Gasteiger partial charge is 0.465 e. The number of carbonyl (C=O) groups excluding carboxylic acids is 2. The van der Waals surface area contributed by atoms with Gasteiger partial charge in [0.05, 0.1) is 13.2 Å². The molecule has 308 valence electrons. The van der Waals surface area contributed by atoms with Crippen LogP contribution in [0.4, 0.5) is 0 Å². The van der Waals surface area contributed by atoms with Gasteiger partial charge in [0.2, 0.25) is 0 Å². The van der Waals surface area contributed by atoms with Crippen molar-refractivity contribution in [2.75, 3.05) is 33.4 Å². The SMILES string of the molecule is C.CCCCCCC(=O)OC[C@H](CCCN=C(N)N[N+](=O)[O-])C(C)(C)C.CCCCCCCCCC(=O)OC[C@H](CCCNC(N)=NC)C(C)(C)C. The summed E-state index contributed by atoms with van der Waals surface area (Å²) >= 11 is 0. The second-order valence-electron chi connectivity index (χ2n) is 15.6. The van der Waals surface area contributed by atoms with E-state index in [9.17, 15) is 19.7 Å². The molecule has 0 saturated carbocycles. The Morgan fingerprint density at radius 1 is 0.712 bits per heavy atom. The number of carbonyl (C=O) groups is 2. The number of nitro groups is 1. The molecule has 13 heteroatoms. The molecule has 0 fully saturated rings. The number of ether oxygens (including phenoxy) is 2. The minimum absolute atomic E-state index is 0. The molecule has 0 amide bonds. The van der Waals surface area contributed by atoms with Crippen LogP contribution in [-0.4, -0.2) is 62.2 Å². The molecular formula is C39H81N7O6. The highest BCUT2D eigenvalue weighted by atomic mass is 16.7. The monoisotopic (exact) mass is 744 g/mol. The molecule has 0 aliphatic carbocycles. The predicted molar refractivity (Wildman–Crippen MR) is 217 cm³/mol. The number of hydrazine groups is 1. The van der Waals surface area contributed by atoms with Crippen LogP contribution in [0.3, 0.4) is 0 Å². The van der Waals surface area contributed by atoms with E-state index in [1.54, 1.807) is 7.05 Å². The van der Waals surface area contributed by atoms with Gasteiger partial charge in [-0.2, -0.15) is 0 Å². The number of unbranched alkanes of at least 4 members (excludes halogenated alkanes) is 9. The maximum atomic E-state index is 12.0. The van der Waals surface area contributed by atoms with Crippen molar-refractivity contribution in [3.8, 4) is 0 Å². The van der Waals surface area contributed by atoms with Crippen LogP contribution in [0.15, 0.2) is 9.98 Å². The lowest BCUT2D eigenvalue weighted by Gasteiger charge is -2.30. The third kappa shape index (κ3) is 34.0. The van der Waals surface area contributed by atoms with E-state index >= 15 is 0 Å². The number of esters is 2. The molecule has 0 heterocycles. The van der Waals surface area contributed by atoms with Crippen molar-refractivity contribution in [1.82, 2.24) is 10.7 Å². The van der Waals surface area contributed by atoms with Gasteiger partial charge in [0.25, 0.3) is 5.96 Å². The van der Waals surface area contributed by atoms with Crippen molar-refractivity contribution in [2.24, 2.45) is 44.1 Å². The third-order valence-electron chi connectivity index (χ3n) is 9.03. The Bertz CT molecular complexity index is 977. The summed E-state index contributed by atoms with van der Waals surface area (Å²) in [5, 5.41) is 12.6. The summed E-state index contributed by atoms with van der Waals surface area (Å²) in [6.45, 7) is 19.4. The lowest BCUT2D eigenvalue weighted by Crippen LogP contribution is -2.36. The molecule has 52 heavy (non-hydrogen) atoms. The Morgan fingerprint density at radius 2 is 1.13 bits per heavy atom. The first-order chi connectivity index (χ1) is 24.0. The zero-order valence-electron chi connectivity index (χ0n) is 33.9. The summed E-state index contributed by atoms with van der Waals surface area (Å²) in [6.07, 6.45) is 17.3. The van der Waals surface area contributed by atoms with Gasteiger partial charge >= 0.3 is 11.9 Å². The van der Waals surface area contributed by atoms with E-state index in [1.807, 2.05) is 5.43 Å². The average molecular weight is 744 g/mol. The van der Waals surface area contributed by atoms with Crippen molar-refractivity contribution in [2.45, 2.75) is 172 Å². The van der Waals surface area contributed by atoms with E-state index in [0.29, 0.717) is 44.5 Å². The first-order valence-electron chi connectivity index (χ1n) is 19.5. The zero-order valence-corrected chi connectivity index (χ0v) is 33.9. The fourth-order valence-electron chi connectivity index (χ4n) is 5.30. The Morgan fingerprint density at radius 3 is 1.56 bits per heavy atom. The second kappa shape index (κ2) is 32.5. The zero-order chi connectivity index (χ0) is 39.1. The standard InChI is InChI=1S/C21H43N3O2.C17H34N4O4.CH4/c1-6-7-8-9-10-11-12-15-19(25)26-17-18(21(2,3)4)14-13-16-24-20(22)23-5;1-5-6-7-8-11-15(22)25-13-14(17(2,3)4)10-9-12-19-16(18)20-21(23)24;/h18H,6-17H2,1-5H3,(H3,22,23,24);14H,5-13H2,1-4H3,(H3,18,19,20);1H4/t18-;14-;/m00./s1. The number of aliphatic imine (C=N–C) groups is 2. The maximum absolute atomic E-state index is 12.0. The Balaban J connectivity index is -0.000000907. The summed E-state index contributed by atoms with van der Waals surface area (Å²) < 4.78 is 11.0. The van der Waals surface area contributed by atoms with Gasteiger partial charge in [0.1, 0.15) is 0 Å². The summed E-state index contributed by atoms with van der Waals surface area (Å²) in [6, 6.07) is 0. The van der Waals surface area contributed by atoms with Crippen molar-refractivity contribution in [3.63, 3.8) is 0 Å². The molecule has 0 saturated heterocycles. The molecule has 0 bridgehead atoms. The van der Waals surface area contributed by atoms with Crippen molar-refractivity contribution in [1.29, 1.82) is 0 Å². The first-order valence-corrected chi connectivity index (χ1v) is 19.5. The smallest absolute Gasteiger partial charge is 0.305 e. The quantitative estimate of drug-likeness (QED) is 0.0167. The lowest BCUT2D eigenvalue weighted by molar-refractivity contribution is -0.525. The molecule has 0 aromatic heterocycles. The van der Waals surface area contributed by atoms with Gasteiger partial charge in [0.15, 0.2) is 11.0 Å². The molecular weight excluding hydrogens is 662 g/mol. The molecule has 0 aromatic rings. The maximum Gasteiger partial charge on any atom is 0.305 e. The number of rotatable bonds is 26. The predicted octanol–water partition coefficient (Wildman–Crippen LogP) is 8.32. The van der Waals surface area contributed by atoms with Gasteiger partial charge in [-0.05, 0) is 61.2 Å². The van der Waals surface area contributed by atoms with E-state index in [-0.39, 0.29) is 42.1 Å². The van der Waals surface area contributed by atoms with E-state index in [4.69, 9.17) is 20.9 Å². The number of nitrogens with one attached hydrogen (secondary N) is 2. The topological polar surface area (TPSA) is 197 Å². The summed E-state index contributed by atoms with van der Waals surface area (Å²) in [5.41, 5.74) is 12.9. The molecule has 13 nitrogen and oxygen atoms in total. The molecule has 0 aromatic carbocycles. The van der Waals surface area contributed by atoms with E-state index < -0.39 is 5.03 Å². The van der Waals surface area contributed by atoms with Crippen LogP contribution in [0.1, 0.15) is 172 Å². The highest BCUT2D eigenvalue weighted by Gasteiger charge is 2.26. The molecule has 0 aliphatic heterocycles.